The number of hydrazone groups is 1. The van der Waals surface area contributed by atoms with Crippen molar-refractivity contribution < 1.29 is 23.5 Å². The van der Waals surface area contributed by atoms with Crippen molar-refractivity contribution in [3.8, 4) is 5.75 Å². The van der Waals surface area contributed by atoms with E-state index in [0.717, 1.165) is 12.1 Å². The second-order valence-corrected chi connectivity index (χ2v) is 7.51. The molecule has 174 valence electrons. The molecular formula is C23H17Cl2FN4O4. The minimum Gasteiger partial charge on any atom is -0.484 e. The summed E-state index contributed by atoms with van der Waals surface area (Å²) in [5.74, 6) is -2.36. The van der Waals surface area contributed by atoms with Gasteiger partial charge in [0.05, 0.1) is 16.3 Å². The highest BCUT2D eigenvalue weighted by Gasteiger charge is 2.12. The Bertz CT molecular complexity index is 1220. The zero-order valence-corrected chi connectivity index (χ0v) is 18.9. The fraction of sp³-hybridized carbons (Fsp3) is 0.0435. The fourth-order valence-corrected chi connectivity index (χ4v) is 2.81. The van der Waals surface area contributed by atoms with Crippen LogP contribution in [0.1, 0.15) is 5.56 Å². The molecule has 3 aromatic rings. The summed E-state index contributed by atoms with van der Waals surface area (Å²) in [7, 11) is 0. The van der Waals surface area contributed by atoms with Crippen LogP contribution in [0.25, 0.3) is 0 Å². The molecule has 34 heavy (non-hydrogen) atoms. The Hall–Kier alpha value is -3.95. The Morgan fingerprint density at radius 2 is 1.53 bits per heavy atom. The summed E-state index contributed by atoms with van der Waals surface area (Å²) in [6.07, 6.45) is 1.32. The maximum absolute atomic E-state index is 12.9. The number of benzene rings is 3. The number of rotatable bonds is 7. The van der Waals surface area contributed by atoms with Gasteiger partial charge in [0.15, 0.2) is 6.61 Å². The van der Waals surface area contributed by atoms with Crippen LogP contribution in [0.4, 0.5) is 15.8 Å². The highest BCUT2D eigenvalue weighted by Crippen LogP contribution is 2.25. The summed E-state index contributed by atoms with van der Waals surface area (Å²) in [5, 5.41) is 9.37. The SMILES string of the molecule is O=C(COc1ccc(/C=N\NC(=O)C(=O)Nc2ccc(F)cc2)cc1)Nc1ccc(Cl)c(Cl)c1. The van der Waals surface area contributed by atoms with E-state index < -0.39 is 17.6 Å². The van der Waals surface area contributed by atoms with Gasteiger partial charge in [-0.05, 0) is 72.3 Å². The summed E-state index contributed by atoms with van der Waals surface area (Å²) in [6.45, 7) is -0.229. The van der Waals surface area contributed by atoms with Crippen LogP contribution in [0.5, 0.6) is 5.75 Å². The minimum atomic E-state index is -0.992. The Balaban J connectivity index is 1.43. The van der Waals surface area contributed by atoms with Crippen LogP contribution in [0.3, 0.4) is 0 Å². The highest BCUT2D eigenvalue weighted by molar-refractivity contribution is 6.42. The van der Waals surface area contributed by atoms with E-state index in [2.05, 4.69) is 21.2 Å². The number of hydrogen-bond donors (Lipinski definition) is 3. The summed E-state index contributed by atoms with van der Waals surface area (Å²) in [6, 6.07) is 16.2. The van der Waals surface area contributed by atoms with E-state index in [4.69, 9.17) is 27.9 Å². The van der Waals surface area contributed by atoms with Crippen molar-refractivity contribution in [2.45, 2.75) is 0 Å². The number of carbonyl (C=O) groups is 3. The fourth-order valence-electron chi connectivity index (χ4n) is 2.51. The molecule has 0 bridgehead atoms. The van der Waals surface area contributed by atoms with Gasteiger partial charge < -0.3 is 15.4 Å². The van der Waals surface area contributed by atoms with E-state index in [1.54, 1.807) is 36.4 Å². The van der Waals surface area contributed by atoms with Crippen molar-refractivity contribution >= 4 is 58.5 Å². The van der Waals surface area contributed by atoms with Crippen LogP contribution >= 0.6 is 23.2 Å². The van der Waals surface area contributed by atoms with Crippen LogP contribution in [-0.4, -0.2) is 30.5 Å². The molecule has 0 aliphatic carbocycles. The summed E-state index contributed by atoms with van der Waals surface area (Å²) >= 11 is 11.8. The van der Waals surface area contributed by atoms with Crippen LogP contribution in [0.2, 0.25) is 10.0 Å². The molecule has 3 amide bonds. The van der Waals surface area contributed by atoms with Crippen LogP contribution < -0.4 is 20.8 Å². The van der Waals surface area contributed by atoms with Crippen molar-refractivity contribution in [1.82, 2.24) is 5.43 Å². The molecule has 11 heteroatoms. The van der Waals surface area contributed by atoms with Gasteiger partial charge in [-0.2, -0.15) is 5.10 Å². The number of carbonyl (C=O) groups excluding carboxylic acids is 3. The van der Waals surface area contributed by atoms with E-state index in [0.29, 0.717) is 27.0 Å². The number of halogens is 3. The molecule has 0 radical (unpaired) electrons. The molecule has 0 fully saturated rings. The molecule has 0 unspecified atom stereocenters. The third kappa shape index (κ3) is 7.58. The molecule has 0 atom stereocenters. The third-order valence-electron chi connectivity index (χ3n) is 4.14. The van der Waals surface area contributed by atoms with Crippen LogP contribution in [0.15, 0.2) is 71.8 Å². The molecule has 0 saturated carbocycles. The van der Waals surface area contributed by atoms with Crippen LogP contribution in [0, 0.1) is 5.82 Å². The lowest BCUT2D eigenvalue weighted by Gasteiger charge is -2.08. The molecule has 3 rings (SSSR count). The first-order chi connectivity index (χ1) is 16.3. The topological polar surface area (TPSA) is 109 Å². The Morgan fingerprint density at radius 1 is 0.853 bits per heavy atom. The molecular weight excluding hydrogens is 486 g/mol. The summed E-state index contributed by atoms with van der Waals surface area (Å²) < 4.78 is 18.3. The molecule has 3 aromatic carbocycles. The predicted molar refractivity (Wildman–Crippen MR) is 128 cm³/mol. The van der Waals surface area contributed by atoms with Gasteiger partial charge in [-0.1, -0.05) is 23.2 Å². The van der Waals surface area contributed by atoms with Crippen molar-refractivity contribution in [2.75, 3.05) is 17.2 Å². The van der Waals surface area contributed by atoms with E-state index in [-0.39, 0.29) is 18.2 Å². The van der Waals surface area contributed by atoms with Gasteiger partial charge in [-0.25, -0.2) is 9.82 Å². The average Bonchev–Trinajstić information content (AvgIpc) is 2.82. The first kappa shape index (κ1) is 24.7. The second-order valence-electron chi connectivity index (χ2n) is 6.69. The maximum atomic E-state index is 12.9. The molecule has 0 heterocycles. The molecule has 0 saturated heterocycles. The summed E-state index contributed by atoms with van der Waals surface area (Å²) in [4.78, 5) is 35.6. The molecule has 8 nitrogen and oxygen atoms in total. The zero-order valence-electron chi connectivity index (χ0n) is 17.3. The first-order valence-corrected chi connectivity index (χ1v) is 10.4. The largest absolute Gasteiger partial charge is 0.484 e. The molecule has 0 aliphatic rings. The van der Waals surface area contributed by atoms with Crippen molar-refractivity contribution in [2.24, 2.45) is 5.10 Å². The average molecular weight is 503 g/mol. The van der Waals surface area contributed by atoms with Gasteiger partial charge in [0.1, 0.15) is 11.6 Å². The number of anilines is 2. The molecule has 0 aliphatic heterocycles. The Labute approximate surface area is 203 Å². The van der Waals surface area contributed by atoms with Gasteiger partial charge in [0.2, 0.25) is 0 Å². The van der Waals surface area contributed by atoms with E-state index in [9.17, 15) is 18.8 Å². The zero-order chi connectivity index (χ0) is 24.5. The van der Waals surface area contributed by atoms with Crippen molar-refractivity contribution in [3.63, 3.8) is 0 Å². The standard InChI is InChI=1S/C23H17Cl2FN4O4/c24-19-10-7-17(11-20(19)25)28-21(31)13-34-18-8-1-14(2-9-18)12-27-30-23(33)22(32)29-16-5-3-15(26)4-6-16/h1-12H,13H2,(H,28,31)(H,29,32)(H,30,33)/b27-12-. The van der Waals surface area contributed by atoms with E-state index >= 15 is 0 Å². The number of nitrogens with zero attached hydrogens (tertiary/aromatic N) is 1. The monoisotopic (exact) mass is 502 g/mol. The lowest BCUT2D eigenvalue weighted by atomic mass is 10.2. The van der Waals surface area contributed by atoms with Crippen LogP contribution in [-0.2, 0) is 14.4 Å². The second kappa shape index (κ2) is 11.8. The smallest absolute Gasteiger partial charge is 0.329 e. The number of nitrogens with one attached hydrogen (secondary N) is 3. The van der Waals surface area contributed by atoms with Gasteiger partial charge in [-0.3, -0.25) is 14.4 Å². The molecule has 0 aromatic heterocycles. The van der Waals surface area contributed by atoms with E-state index in [1.165, 1.54) is 24.4 Å². The van der Waals surface area contributed by atoms with Gasteiger partial charge in [0, 0.05) is 11.4 Å². The van der Waals surface area contributed by atoms with Gasteiger partial charge in [-0.15, -0.1) is 0 Å². The van der Waals surface area contributed by atoms with Crippen molar-refractivity contribution in [3.05, 3.63) is 88.2 Å². The molecule has 0 spiro atoms. The third-order valence-corrected chi connectivity index (χ3v) is 4.88. The Kier molecular flexibility index (Phi) is 8.55. The lowest BCUT2D eigenvalue weighted by Crippen LogP contribution is -2.32. The first-order valence-electron chi connectivity index (χ1n) is 9.68. The number of hydrogen-bond acceptors (Lipinski definition) is 5. The highest BCUT2D eigenvalue weighted by atomic mass is 35.5. The van der Waals surface area contributed by atoms with Crippen molar-refractivity contribution in [1.29, 1.82) is 0 Å². The quantitative estimate of drug-likeness (QED) is 0.255. The minimum absolute atomic E-state index is 0.229. The normalized spacial score (nSPS) is 10.6. The summed E-state index contributed by atoms with van der Waals surface area (Å²) in [5.41, 5.74) is 3.45. The predicted octanol–water partition coefficient (Wildman–Crippen LogP) is 4.24. The number of amides is 3. The number of ether oxygens (including phenoxy) is 1. The lowest BCUT2D eigenvalue weighted by molar-refractivity contribution is -0.136. The van der Waals surface area contributed by atoms with Gasteiger partial charge in [0.25, 0.3) is 5.91 Å². The maximum Gasteiger partial charge on any atom is 0.329 e. The van der Waals surface area contributed by atoms with E-state index in [1.807, 2.05) is 0 Å². The van der Waals surface area contributed by atoms with Gasteiger partial charge >= 0.3 is 11.8 Å². The Morgan fingerprint density at radius 3 is 2.21 bits per heavy atom. The molecule has 3 N–H and O–H groups in total.